The van der Waals surface area contributed by atoms with Crippen molar-refractivity contribution in [1.29, 1.82) is 0 Å². The molecule has 2 N–H and O–H groups in total. The number of hydrogen-bond donors (Lipinski definition) is 2. The van der Waals surface area contributed by atoms with Crippen molar-refractivity contribution in [3.63, 3.8) is 0 Å². The molecule has 0 spiro atoms. The Kier molecular flexibility index (Phi) is 1.43. The zero-order valence-corrected chi connectivity index (χ0v) is 7.43. The molecule has 0 saturated carbocycles. The Morgan fingerprint density at radius 1 is 1.31 bits per heavy atom. The van der Waals surface area contributed by atoms with Gasteiger partial charge in [0, 0.05) is 24.0 Å². The van der Waals surface area contributed by atoms with E-state index in [9.17, 15) is 0 Å². The standard InChI is InChI=1S/C11H12N2/c1-2-10-9-3-5-12-7-8(9)6-11(10)13-4-1/h1-2,4,6,12-13H,3,5,7H2. The molecule has 0 unspecified atom stereocenters. The van der Waals surface area contributed by atoms with Crippen LogP contribution in [-0.2, 0) is 13.0 Å². The van der Waals surface area contributed by atoms with Crippen molar-refractivity contribution in [3.05, 3.63) is 35.5 Å². The average Bonchev–Trinajstić information content (AvgIpc) is 2.56. The minimum absolute atomic E-state index is 1.03. The smallest absolute Gasteiger partial charge is 0.0459 e. The van der Waals surface area contributed by atoms with E-state index >= 15 is 0 Å². The van der Waals surface area contributed by atoms with E-state index in [4.69, 9.17) is 0 Å². The fourth-order valence-electron chi connectivity index (χ4n) is 2.16. The van der Waals surface area contributed by atoms with Gasteiger partial charge in [-0.05, 0) is 36.2 Å². The molecule has 2 heterocycles. The summed E-state index contributed by atoms with van der Waals surface area (Å²) >= 11 is 0. The molecule has 0 radical (unpaired) electrons. The minimum atomic E-state index is 1.03. The average molecular weight is 172 g/mol. The monoisotopic (exact) mass is 172 g/mol. The normalized spacial score (nSPS) is 16.0. The van der Waals surface area contributed by atoms with E-state index in [1.807, 2.05) is 6.20 Å². The van der Waals surface area contributed by atoms with Crippen molar-refractivity contribution >= 4 is 0 Å². The van der Waals surface area contributed by atoms with Gasteiger partial charge in [-0.25, -0.2) is 0 Å². The second-order valence-electron chi connectivity index (χ2n) is 3.57. The molecule has 0 aromatic carbocycles. The second-order valence-corrected chi connectivity index (χ2v) is 3.57. The van der Waals surface area contributed by atoms with Crippen molar-refractivity contribution in [3.8, 4) is 11.3 Å². The summed E-state index contributed by atoms with van der Waals surface area (Å²) in [6.07, 6.45) is 3.15. The number of fused-ring (bicyclic) bond motifs is 3. The van der Waals surface area contributed by atoms with Gasteiger partial charge in [-0.15, -0.1) is 0 Å². The molecule has 2 heteroatoms. The Hall–Kier alpha value is -1.28. The van der Waals surface area contributed by atoms with Crippen LogP contribution in [0.5, 0.6) is 0 Å². The zero-order chi connectivity index (χ0) is 8.67. The van der Waals surface area contributed by atoms with E-state index in [1.54, 1.807) is 0 Å². The fourth-order valence-corrected chi connectivity index (χ4v) is 2.16. The third kappa shape index (κ3) is 0.988. The van der Waals surface area contributed by atoms with Crippen LogP contribution >= 0.6 is 0 Å². The summed E-state index contributed by atoms with van der Waals surface area (Å²) in [4.78, 5) is 3.28. The first-order chi connectivity index (χ1) is 6.45. The topological polar surface area (TPSA) is 27.8 Å². The van der Waals surface area contributed by atoms with Crippen LogP contribution in [0.2, 0.25) is 0 Å². The zero-order valence-electron chi connectivity index (χ0n) is 7.43. The molecule has 2 aliphatic heterocycles. The Bertz CT molecular complexity index is 403. The molecule has 0 fully saturated rings. The quantitative estimate of drug-likeness (QED) is 0.622. The van der Waals surface area contributed by atoms with Crippen LogP contribution in [-0.4, -0.2) is 11.5 Å². The van der Waals surface area contributed by atoms with Gasteiger partial charge >= 0.3 is 0 Å². The summed E-state index contributed by atoms with van der Waals surface area (Å²) < 4.78 is 0. The Morgan fingerprint density at radius 2 is 2.31 bits per heavy atom. The number of aromatic amines is 1. The first-order valence-electron chi connectivity index (χ1n) is 4.74. The Balaban J connectivity index is 2.27. The van der Waals surface area contributed by atoms with E-state index in [0.717, 1.165) is 19.5 Å². The van der Waals surface area contributed by atoms with Crippen LogP contribution in [0.1, 0.15) is 11.1 Å². The fraction of sp³-hybridized carbons (Fsp3) is 0.273. The molecule has 0 bridgehead atoms. The molecule has 0 saturated heterocycles. The highest BCUT2D eigenvalue weighted by Gasteiger charge is 2.17. The molecule has 0 aromatic rings. The maximum Gasteiger partial charge on any atom is 0.0459 e. The van der Waals surface area contributed by atoms with E-state index in [-0.39, 0.29) is 0 Å². The van der Waals surface area contributed by atoms with E-state index in [2.05, 4.69) is 28.5 Å². The Labute approximate surface area is 77.3 Å². The number of nitrogens with one attached hydrogen (secondary N) is 2. The van der Waals surface area contributed by atoms with Crippen molar-refractivity contribution in [2.45, 2.75) is 13.0 Å². The number of pyridine rings is 1. The molecule has 0 amide bonds. The molecule has 2 nitrogen and oxygen atoms in total. The summed E-state index contributed by atoms with van der Waals surface area (Å²) in [6.45, 7) is 2.14. The molecule has 1 aliphatic carbocycles. The van der Waals surface area contributed by atoms with Gasteiger partial charge in [-0.2, -0.15) is 0 Å². The van der Waals surface area contributed by atoms with E-state index in [1.165, 1.54) is 22.4 Å². The minimum Gasteiger partial charge on any atom is -0.361 e. The van der Waals surface area contributed by atoms with Gasteiger partial charge in [-0.1, -0.05) is 6.07 Å². The largest absolute Gasteiger partial charge is 0.361 e. The maximum absolute atomic E-state index is 3.39. The van der Waals surface area contributed by atoms with Gasteiger partial charge in [0.1, 0.15) is 0 Å². The lowest BCUT2D eigenvalue weighted by molar-refractivity contribution is 0.648. The number of aromatic nitrogens is 1. The molecule has 3 rings (SSSR count). The number of H-pyrrole nitrogens is 1. The van der Waals surface area contributed by atoms with Gasteiger partial charge in [0.25, 0.3) is 0 Å². The van der Waals surface area contributed by atoms with Crippen LogP contribution in [0, 0.1) is 0 Å². The van der Waals surface area contributed by atoms with Crippen molar-refractivity contribution in [2.24, 2.45) is 0 Å². The lowest BCUT2D eigenvalue weighted by atomic mass is 10.0. The summed E-state index contributed by atoms with van der Waals surface area (Å²) in [5.41, 5.74) is 5.67. The van der Waals surface area contributed by atoms with Gasteiger partial charge in [0.15, 0.2) is 0 Å². The van der Waals surface area contributed by atoms with E-state index < -0.39 is 0 Å². The highest BCUT2D eigenvalue weighted by molar-refractivity contribution is 5.70. The van der Waals surface area contributed by atoms with Crippen molar-refractivity contribution in [2.75, 3.05) is 6.54 Å². The summed E-state index contributed by atoms with van der Waals surface area (Å²) in [5.74, 6) is 0. The number of hydrogen-bond acceptors (Lipinski definition) is 1. The predicted molar refractivity (Wildman–Crippen MR) is 52.8 cm³/mol. The van der Waals surface area contributed by atoms with Crippen LogP contribution in [0.4, 0.5) is 0 Å². The van der Waals surface area contributed by atoms with Gasteiger partial charge < -0.3 is 10.3 Å². The summed E-state index contributed by atoms with van der Waals surface area (Å²) in [5, 5.41) is 3.39. The molecule has 3 aliphatic rings. The van der Waals surface area contributed by atoms with Gasteiger partial charge in [0.2, 0.25) is 0 Å². The van der Waals surface area contributed by atoms with Crippen LogP contribution < -0.4 is 5.32 Å². The summed E-state index contributed by atoms with van der Waals surface area (Å²) in [7, 11) is 0. The van der Waals surface area contributed by atoms with Crippen LogP contribution in [0.25, 0.3) is 11.3 Å². The number of rotatable bonds is 0. The Morgan fingerprint density at radius 3 is 3.31 bits per heavy atom. The summed E-state index contributed by atoms with van der Waals surface area (Å²) in [6, 6.07) is 6.54. The molecular weight excluding hydrogens is 160 g/mol. The van der Waals surface area contributed by atoms with Gasteiger partial charge in [-0.3, -0.25) is 0 Å². The predicted octanol–water partition coefficient (Wildman–Crippen LogP) is 1.77. The molecule has 13 heavy (non-hydrogen) atoms. The van der Waals surface area contributed by atoms with Crippen molar-refractivity contribution < 1.29 is 0 Å². The lowest BCUT2D eigenvalue weighted by Gasteiger charge is -2.13. The molecule has 0 aromatic heterocycles. The first kappa shape index (κ1) is 7.15. The van der Waals surface area contributed by atoms with Crippen LogP contribution in [0.3, 0.4) is 0 Å². The van der Waals surface area contributed by atoms with Crippen molar-refractivity contribution in [1.82, 2.24) is 10.3 Å². The maximum atomic E-state index is 3.39. The molecule has 66 valence electrons. The lowest BCUT2D eigenvalue weighted by Crippen LogP contribution is -2.22. The molecular formula is C11H12N2. The first-order valence-corrected chi connectivity index (χ1v) is 4.74. The second kappa shape index (κ2) is 2.60. The highest BCUT2D eigenvalue weighted by Crippen LogP contribution is 2.31. The highest BCUT2D eigenvalue weighted by atomic mass is 14.9. The third-order valence-corrected chi connectivity index (χ3v) is 2.79. The van der Waals surface area contributed by atoms with Gasteiger partial charge in [0.05, 0.1) is 0 Å². The van der Waals surface area contributed by atoms with Crippen LogP contribution in [0.15, 0.2) is 24.4 Å². The van der Waals surface area contributed by atoms with E-state index in [0.29, 0.717) is 0 Å². The third-order valence-electron chi connectivity index (χ3n) is 2.79. The SMILES string of the molecule is c1c[nH]c2cc3c(c-2c1)CCNC3. The molecule has 0 atom stereocenters.